The van der Waals surface area contributed by atoms with Gasteiger partial charge >= 0.3 is 0 Å². The van der Waals surface area contributed by atoms with Crippen molar-refractivity contribution in [2.75, 3.05) is 18.5 Å². The standard InChI is InChI=1S/C10H12N6S/c1-13-10(17)16-9(12)14-8(15-16)6-2-4-7(11)5-3-6/h2-5H,11H2,1H3,(H,13,17)(H2,12,14,15). The Labute approximate surface area is 104 Å². The van der Waals surface area contributed by atoms with Crippen LogP contribution in [0.15, 0.2) is 24.3 Å². The topological polar surface area (TPSA) is 94.8 Å². The molecule has 0 unspecified atom stereocenters. The Kier molecular flexibility index (Phi) is 2.92. The smallest absolute Gasteiger partial charge is 0.226 e. The molecule has 7 heteroatoms. The van der Waals surface area contributed by atoms with Gasteiger partial charge in [0.05, 0.1) is 0 Å². The van der Waals surface area contributed by atoms with Crippen LogP contribution in [0.4, 0.5) is 11.6 Å². The number of aromatic nitrogens is 3. The van der Waals surface area contributed by atoms with Crippen LogP contribution in [0.25, 0.3) is 11.4 Å². The van der Waals surface area contributed by atoms with Crippen LogP contribution in [0.2, 0.25) is 0 Å². The highest BCUT2D eigenvalue weighted by molar-refractivity contribution is 7.80. The first-order chi connectivity index (χ1) is 8.11. The zero-order chi connectivity index (χ0) is 12.4. The number of hydrogen-bond donors (Lipinski definition) is 3. The molecule has 5 N–H and O–H groups in total. The predicted molar refractivity (Wildman–Crippen MR) is 71.3 cm³/mol. The number of nitrogens with zero attached hydrogens (tertiary/aromatic N) is 3. The van der Waals surface area contributed by atoms with Crippen LogP contribution in [-0.4, -0.2) is 26.9 Å². The quantitative estimate of drug-likeness (QED) is 0.501. The van der Waals surface area contributed by atoms with Crippen molar-refractivity contribution in [3.05, 3.63) is 24.3 Å². The summed E-state index contributed by atoms with van der Waals surface area (Å²) in [7, 11) is 1.70. The molecule has 2 aromatic rings. The molecule has 2 rings (SSSR count). The van der Waals surface area contributed by atoms with Crippen molar-refractivity contribution in [2.24, 2.45) is 0 Å². The molecular weight excluding hydrogens is 236 g/mol. The van der Waals surface area contributed by atoms with Crippen molar-refractivity contribution in [2.45, 2.75) is 0 Å². The minimum absolute atomic E-state index is 0.246. The second kappa shape index (κ2) is 4.38. The van der Waals surface area contributed by atoms with E-state index in [0.717, 1.165) is 5.56 Å². The fraction of sp³-hybridized carbons (Fsp3) is 0.100. The average molecular weight is 248 g/mol. The fourth-order valence-corrected chi connectivity index (χ4v) is 1.47. The maximum absolute atomic E-state index is 5.72. The van der Waals surface area contributed by atoms with E-state index < -0.39 is 0 Å². The first-order valence-corrected chi connectivity index (χ1v) is 5.33. The van der Waals surface area contributed by atoms with Gasteiger partial charge in [0.1, 0.15) is 0 Å². The van der Waals surface area contributed by atoms with Gasteiger partial charge in [-0.2, -0.15) is 9.67 Å². The van der Waals surface area contributed by atoms with Gasteiger partial charge in [-0.3, -0.25) is 0 Å². The molecule has 88 valence electrons. The largest absolute Gasteiger partial charge is 0.399 e. The summed E-state index contributed by atoms with van der Waals surface area (Å²) in [5.41, 5.74) is 12.9. The Balaban J connectivity index is 2.41. The average Bonchev–Trinajstić information content (AvgIpc) is 2.71. The second-order valence-electron chi connectivity index (χ2n) is 3.38. The molecule has 0 fully saturated rings. The minimum Gasteiger partial charge on any atom is -0.399 e. The lowest BCUT2D eigenvalue weighted by atomic mass is 10.2. The van der Waals surface area contributed by atoms with E-state index in [2.05, 4.69) is 15.4 Å². The summed E-state index contributed by atoms with van der Waals surface area (Å²) in [5, 5.41) is 7.40. The van der Waals surface area contributed by atoms with Gasteiger partial charge in [0, 0.05) is 18.3 Å². The second-order valence-corrected chi connectivity index (χ2v) is 3.77. The fourth-order valence-electron chi connectivity index (χ4n) is 1.33. The number of nitrogens with two attached hydrogens (primary N) is 2. The molecule has 1 aromatic heterocycles. The van der Waals surface area contributed by atoms with Gasteiger partial charge in [-0.15, -0.1) is 5.10 Å². The number of thiocarbonyl (C=S) groups is 1. The van der Waals surface area contributed by atoms with E-state index in [1.54, 1.807) is 19.2 Å². The summed E-state index contributed by atoms with van der Waals surface area (Å²) in [6.07, 6.45) is 0. The monoisotopic (exact) mass is 248 g/mol. The van der Waals surface area contributed by atoms with Gasteiger partial charge < -0.3 is 16.8 Å². The molecule has 0 bridgehead atoms. The molecule has 1 heterocycles. The van der Waals surface area contributed by atoms with E-state index in [-0.39, 0.29) is 5.95 Å². The summed E-state index contributed by atoms with van der Waals surface area (Å²) in [6, 6.07) is 7.22. The van der Waals surface area contributed by atoms with Gasteiger partial charge in [-0.05, 0) is 36.5 Å². The van der Waals surface area contributed by atoms with Crippen LogP contribution < -0.4 is 16.8 Å². The van der Waals surface area contributed by atoms with Crippen molar-refractivity contribution in [1.29, 1.82) is 0 Å². The van der Waals surface area contributed by atoms with Crippen LogP contribution in [0.1, 0.15) is 0 Å². The summed E-state index contributed by atoms with van der Waals surface area (Å²) >= 11 is 5.04. The van der Waals surface area contributed by atoms with E-state index >= 15 is 0 Å². The van der Waals surface area contributed by atoms with Crippen molar-refractivity contribution in [1.82, 2.24) is 20.1 Å². The van der Waals surface area contributed by atoms with Gasteiger partial charge in [0.2, 0.25) is 5.95 Å². The molecule has 0 saturated heterocycles. The summed E-state index contributed by atoms with van der Waals surface area (Å²) in [5.74, 6) is 0.760. The van der Waals surface area contributed by atoms with E-state index in [4.69, 9.17) is 23.7 Å². The Morgan fingerprint density at radius 1 is 1.29 bits per heavy atom. The number of anilines is 2. The molecule has 0 atom stereocenters. The van der Waals surface area contributed by atoms with Crippen molar-refractivity contribution in [3.8, 4) is 11.4 Å². The first-order valence-electron chi connectivity index (χ1n) is 4.92. The molecular formula is C10H12N6S. The number of nitrogen functional groups attached to an aromatic ring is 2. The molecule has 0 aliphatic carbocycles. The van der Waals surface area contributed by atoms with E-state index in [9.17, 15) is 0 Å². The highest BCUT2D eigenvalue weighted by Gasteiger charge is 2.11. The Morgan fingerprint density at radius 3 is 2.53 bits per heavy atom. The Hall–Kier alpha value is -2.15. The van der Waals surface area contributed by atoms with Crippen molar-refractivity contribution >= 4 is 29.0 Å². The van der Waals surface area contributed by atoms with Crippen LogP contribution >= 0.6 is 12.2 Å². The number of nitrogens with one attached hydrogen (secondary N) is 1. The maximum Gasteiger partial charge on any atom is 0.226 e. The molecule has 0 amide bonds. The molecule has 6 nitrogen and oxygen atoms in total. The van der Waals surface area contributed by atoms with Crippen molar-refractivity contribution < 1.29 is 0 Å². The van der Waals surface area contributed by atoms with Crippen LogP contribution in [0.3, 0.4) is 0 Å². The van der Waals surface area contributed by atoms with Crippen LogP contribution in [0.5, 0.6) is 0 Å². The molecule has 0 aliphatic heterocycles. The Bertz CT molecular complexity index is 544. The summed E-state index contributed by atoms with van der Waals surface area (Å²) in [4.78, 5) is 4.14. The third-order valence-electron chi connectivity index (χ3n) is 2.21. The zero-order valence-corrected chi connectivity index (χ0v) is 10.0. The Morgan fingerprint density at radius 2 is 1.94 bits per heavy atom. The molecule has 0 radical (unpaired) electrons. The normalized spacial score (nSPS) is 10.2. The van der Waals surface area contributed by atoms with Crippen LogP contribution in [-0.2, 0) is 0 Å². The lowest BCUT2D eigenvalue weighted by Gasteiger charge is -2.01. The summed E-state index contributed by atoms with van der Waals surface area (Å²) in [6.45, 7) is 0. The number of hydrogen-bond acceptors (Lipinski definition) is 5. The van der Waals surface area contributed by atoms with E-state index in [1.165, 1.54) is 4.68 Å². The maximum atomic E-state index is 5.72. The summed E-state index contributed by atoms with van der Waals surface area (Å²) < 4.78 is 1.38. The lowest BCUT2D eigenvalue weighted by molar-refractivity contribution is 0.915. The van der Waals surface area contributed by atoms with Gasteiger partial charge in [0.15, 0.2) is 10.9 Å². The van der Waals surface area contributed by atoms with Gasteiger partial charge in [0.25, 0.3) is 0 Å². The van der Waals surface area contributed by atoms with Gasteiger partial charge in [-0.25, -0.2) is 0 Å². The molecule has 0 aliphatic rings. The van der Waals surface area contributed by atoms with Gasteiger partial charge in [-0.1, -0.05) is 0 Å². The SMILES string of the molecule is CNC(=S)n1nc(-c2ccc(N)cc2)nc1N. The van der Waals surface area contributed by atoms with Crippen LogP contribution in [0, 0.1) is 0 Å². The third-order valence-corrected chi connectivity index (χ3v) is 2.58. The number of benzene rings is 1. The molecule has 1 aromatic carbocycles. The molecule has 0 saturated carbocycles. The predicted octanol–water partition coefficient (Wildman–Crippen LogP) is 0.462. The third kappa shape index (κ3) is 2.18. The first kappa shape index (κ1) is 11.3. The molecule has 17 heavy (non-hydrogen) atoms. The minimum atomic E-state index is 0.246. The van der Waals surface area contributed by atoms with Crippen molar-refractivity contribution in [3.63, 3.8) is 0 Å². The molecule has 0 spiro atoms. The highest BCUT2D eigenvalue weighted by Crippen LogP contribution is 2.17. The number of rotatable bonds is 1. The van der Waals surface area contributed by atoms with E-state index in [0.29, 0.717) is 16.6 Å². The van der Waals surface area contributed by atoms with E-state index in [1.807, 2.05) is 12.1 Å². The zero-order valence-electron chi connectivity index (χ0n) is 9.21. The lowest BCUT2D eigenvalue weighted by Crippen LogP contribution is -2.26. The highest BCUT2D eigenvalue weighted by atomic mass is 32.1.